The highest BCUT2D eigenvalue weighted by Gasteiger charge is 2.07. The number of ether oxygens (including phenoxy) is 1. The number of hydrogen-bond donors (Lipinski definition) is 2. The van der Waals surface area contributed by atoms with Crippen molar-refractivity contribution in [3.63, 3.8) is 0 Å². The number of hydrogen-bond acceptors (Lipinski definition) is 3. The van der Waals surface area contributed by atoms with E-state index in [0.29, 0.717) is 13.1 Å². The minimum atomic E-state index is -0.492. The van der Waals surface area contributed by atoms with Crippen molar-refractivity contribution < 1.29 is 9.84 Å². The zero-order chi connectivity index (χ0) is 15.9. The number of benzene rings is 2. The summed E-state index contributed by atoms with van der Waals surface area (Å²) in [5, 5.41) is 13.4. The topological polar surface area (TPSA) is 41.5 Å². The third-order valence-electron chi connectivity index (χ3n) is 3.21. The Morgan fingerprint density at radius 1 is 1.14 bits per heavy atom. The third-order valence-corrected chi connectivity index (χ3v) is 3.83. The Balaban J connectivity index is 1.85. The Labute approximate surface area is 140 Å². The molecule has 1 atom stereocenters. The van der Waals surface area contributed by atoms with E-state index in [9.17, 15) is 5.11 Å². The van der Waals surface area contributed by atoms with Crippen molar-refractivity contribution in [2.24, 2.45) is 0 Å². The lowest BCUT2D eigenvalue weighted by molar-refractivity contribution is 0.174. The second-order valence-corrected chi connectivity index (χ2v) is 6.34. The van der Waals surface area contributed by atoms with Crippen molar-refractivity contribution in [1.29, 1.82) is 0 Å². The molecule has 0 heterocycles. The lowest BCUT2D eigenvalue weighted by atomic mass is 10.1. The molecule has 0 bridgehead atoms. The van der Waals surface area contributed by atoms with E-state index in [-0.39, 0.29) is 6.10 Å². The van der Waals surface area contributed by atoms with Gasteiger partial charge in [-0.05, 0) is 53.0 Å². The van der Waals surface area contributed by atoms with Crippen LogP contribution >= 0.6 is 15.9 Å². The molecule has 0 saturated heterocycles. The first-order valence-corrected chi connectivity index (χ1v) is 8.24. The van der Waals surface area contributed by atoms with Crippen LogP contribution in [0.5, 0.6) is 5.75 Å². The van der Waals surface area contributed by atoms with Crippen molar-refractivity contribution >= 4 is 15.9 Å². The average molecular weight is 364 g/mol. The molecule has 0 spiro atoms. The molecule has 0 aromatic heterocycles. The largest absolute Gasteiger partial charge is 0.490 e. The Bertz CT molecular complexity index is 587. The van der Waals surface area contributed by atoms with Gasteiger partial charge >= 0.3 is 0 Å². The molecule has 4 heteroatoms. The minimum absolute atomic E-state index is 0.154. The normalized spacial score (nSPS) is 12.4. The van der Waals surface area contributed by atoms with E-state index >= 15 is 0 Å². The van der Waals surface area contributed by atoms with E-state index in [4.69, 9.17) is 4.74 Å². The van der Waals surface area contributed by atoms with Gasteiger partial charge < -0.3 is 15.2 Å². The molecule has 0 aliphatic heterocycles. The van der Waals surface area contributed by atoms with Crippen LogP contribution in [-0.4, -0.2) is 17.8 Å². The van der Waals surface area contributed by atoms with Crippen LogP contribution in [-0.2, 0) is 6.54 Å². The van der Waals surface area contributed by atoms with Crippen LogP contribution in [0.15, 0.2) is 53.0 Å². The standard InChI is InChI=1S/C18H22BrNO2/c1-13(2)22-18-9-8-14(10-16(18)19)11-20-12-17(21)15-6-4-3-5-7-15/h3-10,13,17,20-21H,11-12H2,1-2H3/t17-/m1/s1. The van der Waals surface area contributed by atoms with Crippen molar-refractivity contribution in [2.45, 2.75) is 32.6 Å². The highest BCUT2D eigenvalue weighted by molar-refractivity contribution is 9.10. The molecule has 0 saturated carbocycles. The van der Waals surface area contributed by atoms with Crippen LogP contribution in [0.2, 0.25) is 0 Å². The Hall–Kier alpha value is -1.36. The summed E-state index contributed by atoms with van der Waals surface area (Å²) in [6.45, 7) is 5.23. The average Bonchev–Trinajstić information content (AvgIpc) is 2.50. The van der Waals surface area contributed by atoms with Crippen molar-refractivity contribution in [3.05, 3.63) is 64.1 Å². The summed E-state index contributed by atoms with van der Waals surface area (Å²) in [6.07, 6.45) is -0.338. The summed E-state index contributed by atoms with van der Waals surface area (Å²) in [6, 6.07) is 15.7. The molecule has 0 aliphatic rings. The first kappa shape index (κ1) is 17.0. The van der Waals surface area contributed by atoms with E-state index in [1.807, 2.05) is 62.4 Å². The Kier molecular flexibility index (Phi) is 6.43. The minimum Gasteiger partial charge on any atom is -0.490 e. The number of aliphatic hydroxyl groups excluding tert-OH is 1. The molecule has 0 radical (unpaired) electrons. The van der Waals surface area contributed by atoms with E-state index < -0.39 is 6.10 Å². The van der Waals surface area contributed by atoms with Crippen LogP contribution in [0, 0.1) is 0 Å². The molecule has 2 N–H and O–H groups in total. The lowest BCUT2D eigenvalue weighted by Crippen LogP contribution is -2.21. The fourth-order valence-electron chi connectivity index (χ4n) is 2.15. The van der Waals surface area contributed by atoms with Gasteiger partial charge in [-0.15, -0.1) is 0 Å². The molecule has 0 aliphatic carbocycles. The predicted octanol–water partition coefficient (Wildman–Crippen LogP) is 4.06. The number of aliphatic hydroxyl groups is 1. The first-order valence-electron chi connectivity index (χ1n) is 7.45. The van der Waals surface area contributed by atoms with Gasteiger partial charge in [0.25, 0.3) is 0 Å². The van der Waals surface area contributed by atoms with Crippen LogP contribution in [0.4, 0.5) is 0 Å². The maximum Gasteiger partial charge on any atom is 0.133 e. The van der Waals surface area contributed by atoms with E-state index in [0.717, 1.165) is 21.3 Å². The first-order chi connectivity index (χ1) is 10.6. The van der Waals surface area contributed by atoms with Gasteiger partial charge in [-0.1, -0.05) is 36.4 Å². The molecule has 2 rings (SSSR count). The summed E-state index contributed by atoms with van der Waals surface area (Å²) in [5.41, 5.74) is 2.07. The van der Waals surface area contributed by atoms with Crippen LogP contribution in [0.25, 0.3) is 0 Å². The molecule has 22 heavy (non-hydrogen) atoms. The zero-order valence-corrected chi connectivity index (χ0v) is 14.5. The number of halogens is 1. The Morgan fingerprint density at radius 2 is 1.86 bits per heavy atom. The van der Waals surface area contributed by atoms with Gasteiger partial charge in [-0.3, -0.25) is 0 Å². The quantitative estimate of drug-likeness (QED) is 0.779. The van der Waals surface area contributed by atoms with Gasteiger partial charge in [0.1, 0.15) is 5.75 Å². The molecular formula is C18H22BrNO2. The van der Waals surface area contributed by atoms with Gasteiger partial charge in [-0.25, -0.2) is 0 Å². The molecule has 2 aromatic carbocycles. The maximum absolute atomic E-state index is 10.1. The fourth-order valence-corrected chi connectivity index (χ4v) is 2.67. The zero-order valence-electron chi connectivity index (χ0n) is 12.9. The van der Waals surface area contributed by atoms with Gasteiger partial charge in [0.15, 0.2) is 0 Å². The summed E-state index contributed by atoms with van der Waals surface area (Å²) in [4.78, 5) is 0. The SMILES string of the molecule is CC(C)Oc1ccc(CNC[C@@H](O)c2ccccc2)cc1Br. The summed E-state index contributed by atoms with van der Waals surface area (Å²) in [7, 11) is 0. The second-order valence-electron chi connectivity index (χ2n) is 5.49. The fraction of sp³-hybridized carbons (Fsp3) is 0.333. The monoisotopic (exact) mass is 363 g/mol. The molecular weight excluding hydrogens is 342 g/mol. The molecule has 0 amide bonds. The van der Waals surface area contributed by atoms with Crippen LogP contribution in [0.1, 0.15) is 31.1 Å². The number of nitrogens with one attached hydrogen (secondary N) is 1. The van der Waals surface area contributed by atoms with Crippen molar-refractivity contribution in [3.8, 4) is 5.75 Å². The predicted molar refractivity (Wildman–Crippen MR) is 93.0 cm³/mol. The molecule has 2 aromatic rings. The highest BCUT2D eigenvalue weighted by Crippen LogP contribution is 2.27. The molecule has 0 fully saturated rings. The molecule has 118 valence electrons. The lowest BCUT2D eigenvalue weighted by Gasteiger charge is -2.14. The summed E-state index contributed by atoms with van der Waals surface area (Å²) >= 11 is 3.53. The van der Waals surface area contributed by atoms with Crippen LogP contribution < -0.4 is 10.1 Å². The van der Waals surface area contributed by atoms with Crippen LogP contribution in [0.3, 0.4) is 0 Å². The maximum atomic E-state index is 10.1. The van der Waals surface area contributed by atoms with Gasteiger partial charge in [0.05, 0.1) is 16.7 Å². The van der Waals surface area contributed by atoms with Gasteiger partial charge in [0.2, 0.25) is 0 Å². The van der Waals surface area contributed by atoms with Crippen molar-refractivity contribution in [2.75, 3.05) is 6.54 Å². The molecule has 0 unspecified atom stereocenters. The third kappa shape index (κ3) is 5.13. The van der Waals surface area contributed by atoms with E-state index in [1.54, 1.807) is 0 Å². The van der Waals surface area contributed by atoms with Gasteiger partial charge in [-0.2, -0.15) is 0 Å². The second kappa shape index (κ2) is 8.32. The van der Waals surface area contributed by atoms with E-state index in [1.165, 1.54) is 0 Å². The van der Waals surface area contributed by atoms with E-state index in [2.05, 4.69) is 21.2 Å². The summed E-state index contributed by atoms with van der Waals surface area (Å²) < 4.78 is 6.64. The summed E-state index contributed by atoms with van der Waals surface area (Å²) in [5.74, 6) is 0.850. The van der Waals surface area contributed by atoms with Crippen molar-refractivity contribution in [1.82, 2.24) is 5.32 Å². The smallest absolute Gasteiger partial charge is 0.133 e. The highest BCUT2D eigenvalue weighted by atomic mass is 79.9. The number of rotatable bonds is 7. The Morgan fingerprint density at radius 3 is 2.50 bits per heavy atom. The molecule has 3 nitrogen and oxygen atoms in total. The van der Waals surface area contributed by atoms with Gasteiger partial charge in [0, 0.05) is 13.1 Å².